The van der Waals surface area contributed by atoms with E-state index in [0.717, 1.165) is 11.6 Å². The predicted molar refractivity (Wildman–Crippen MR) is 109 cm³/mol. The van der Waals surface area contributed by atoms with E-state index >= 15 is 0 Å². The zero-order valence-electron chi connectivity index (χ0n) is 15.8. The first kappa shape index (κ1) is 21.1. The normalized spacial score (nSPS) is 10.5. The van der Waals surface area contributed by atoms with Crippen LogP contribution in [0.1, 0.15) is 36.6 Å². The number of carbonyl (C=O) groups is 3. The highest BCUT2D eigenvalue weighted by Gasteiger charge is 2.27. The summed E-state index contributed by atoms with van der Waals surface area (Å²) < 4.78 is 5.57. The average molecular weight is 424 g/mol. The third-order valence-corrected chi connectivity index (χ3v) is 4.41. The summed E-state index contributed by atoms with van der Waals surface area (Å²) in [5.41, 5.74) is 2.75. The summed E-state index contributed by atoms with van der Waals surface area (Å²) in [5, 5.41) is 28.6. The molecule has 3 aromatic rings. The number of ether oxygens (including phenoxy) is 1. The van der Waals surface area contributed by atoms with Crippen molar-refractivity contribution in [2.45, 2.75) is 6.61 Å². The number of aromatic nitrogens is 1. The summed E-state index contributed by atoms with van der Waals surface area (Å²) in [7, 11) is 0. The van der Waals surface area contributed by atoms with Crippen LogP contribution in [-0.4, -0.2) is 38.2 Å². The molecule has 0 radical (unpaired) electrons. The van der Waals surface area contributed by atoms with E-state index in [9.17, 15) is 34.5 Å². The third-order valence-electron chi connectivity index (χ3n) is 4.41. The molecule has 0 amide bonds. The lowest BCUT2D eigenvalue weighted by Gasteiger charge is -2.14. The Kier molecular flexibility index (Phi) is 5.73. The van der Waals surface area contributed by atoms with Gasteiger partial charge >= 0.3 is 17.9 Å². The van der Waals surface area contributed by atoms with Crippen molar-refractivity contribution in [3.63, 3.8) is 0 Å². The Hall–Kier alpha value is -4.60. The molecule has 10 heteroatoms. The van der Waals surface area contributed by atoms with Crippen LogP contribution in [0.15, 0.2) is 53.3 Å². The fraction of sp³-hybridized carbons (Fsp3) is 0.0476. The van der Waals surface area contributed by atoms with Crippen molar-refractivity contribution >= 4 is 23.7 Å². The Morgan fingerprint density at radius 2 is 1.55 bits per heavy atom. The lowest BCUT2D eigenvalue weighted by Crippen LogP contribution is -2.24. The number of hydrogen-bond donors (Lipinski definition) is 5. The molecule has 0 unspecified atom stereocenters. The van der Waals surface area contributed by atoms with Crippen LogP contribution in [0.4, 0.5) is 5.82 Å². The summed E-state index contributed by atoms with van der Waals surface area (Å²) in [5.74, 6) is -5.26. The number of aromatic amines is 1. The van der Waals surface area contributed by atoms with Crippen LogP contribution in [0.3, 0.4) is 0 Å². The van der Waals surface area contributed by atoms with Gasteiger partial charge in [0.1, 0.15) is 34.9 Å². The molecule has 0 aliphatic carbocycles. The van der Waals surface area contributed by atoms with E-state index in [2.05, 4.69) is 0 Å². The van der Waals surface area contributed by atoms with E-state index in [-0.39, 0.29) is 23.5 Å². The Morgan fingerprint density at radius 1 is 0.903 bits per heavy atom. The topological polar surface area (TPSA) is 180 Å². The van der Waals surface area contributed by atoms with Gasteiger partial charge in [-0.1, -0.05) is 36.4 Å². The summed E-state index contributed by atoms with van der Waals surface area (Å²) in [6.07, 6.45) is 0. The van der Waals surface area contributed by atoms with Gasteiger partial charge in [0.15, 0.2) is 0 Å². The second-order valence-corrected chi connectivity index (χ2v) is 6.39. The molecule has 6 N–H and O–H groups in total. The molecule has 0 atom stereocenters. The van der Waals surface area contributed by atoms with Crippen molar-refractivity contribution in [1.29, 1.82) is 0 Å². The van der Waals surface area contributed by atoms with Gasteiger partial charge < -0.3 is 30.8 Å². The molecule has 0 aliphatic heterocycles. The van der Waals surface area contributed by atoms with Crippen molar-refractivity contribution in [1.82, 2.24) is 4.98 Å². The van der Waals surface area contributed by atoms with Crippen molar-refractivity contribution in [3.05, 3.63) is 81.1 Å². The maximum absolute atomic E-state index is 12.1. The van der Waals surface area contributed by atoms with Gasteiger partial charge in [-0.25, -0.2) is 14.4 Å². The van der Waals surface area contributed by atoms with E-state index in [1.165, 1.54) is 12.1 Å². The molecule has 0 aliphatic rings. The number of H-pyrrole nitrogens is 1. The minimum Gasteiger partial charge on any atom is -0.488 e. The lowest BCUT2D eigenvalue weighted by molar-refractivity contribution is 0.0680. The second kappa shape index (κ2) is 8.41. The number of nitrogens with one attached hydrogen (secondary N) is 1. The Morgan fingerprint density at radius 3 is 2.13 bits per heavy atom. The number of pyridine rings is 1. The molecule has 2 aromatic carbocycles. The van der Waals surface area contributed by atoms with E-state index in [1.54, 1.807) is 24.3 Å². The number of aromatic carboxylic acids is 3. The molecule has 31 heavy (non-hydrogen) atoms. The zero-order chi connectivity index (χ0) is 22.7. The average Bonchev–Trinajstić information content (AvgIpc) is 2.71. The number of nitrogen functional groups attached to an aromatic ring is 1. The van der Waals surface area contributed by atoms with Gasteiger partial charge in [-0.2, -0.15) is 0 Å². The standard InChI is InChI=1S/C21H16N2O8/c22-17-15(20(27)28)14(16(21(29)30)18(24)23-17)11-6-7-13(12(8-11)19(25)26)31-9-10-4-2-1-3-5-10/h1-8H,9H2,(H,25,26)(H,27,28)(H,29,30)(H3,22,23,24). The van der Waals surface area contributed by atoms with E-state index in [4.69, 9.17) is 10.5 Å². The first-order valence-corrected chi connectivity index (χ1v) is 8.77. The van der Waals surface area contributed by atoms with Crippen molar-refractivity contribution in [2.75, 3.05) is 5.73 Å². The van der Waals surface area contributed by atoms with Crippen molar-refractivity contribution in [3.8, 4) is 16.9 Å². The van der Waals surface area contributed by atoms with Crippen LogP contribution in [0.25, 0.3) is 11.1 Å². The molecule has 0 saturated heterocycles. The number of rotatable bonds is 7. The maximum atomic E-state index is 12.1. The molecule has 158 valence electrons. The third kappa shape index (κ3) is 4.22. The summed E-state index contributed by atoms with van der Waals surface area (Å²) >= 11 is 0. The van der Waals surface area contributed by atoms with Crippen LogP contribution in [-0.2, 0) is 6.61 Å². The quantitative estimate of drug-likeness (QED) is 0.380. The van der Waals surface area contributed by atoms with Crippen LogP contribution >= 0.6 is 0 Å². The molecule has 1 aromatic heterocycles. The Labute approximate surface area is 174 Å². The van der Waals surface area contributed by atoms with E-state index in [0.29, 0.717) is 0 Å². The first-order chi connectivity index (χ1) is 14.7. The van der Waals surface area contributed by atoms with Gasteiger partial charge in [0.2, 0.25) is 0 Å². The van der Waals surface area contributed by atoms with Gasteiger partial charge in [0.25, 0.3) is 5.56 Å². The van der Waals surface area contributed by atoms with Gasteiger partial charge in [-0.05, 0) is 23.3 Å². The molecule has 1 heterocycles. The molecule has 0 fully saturated rings. The first-order valence-electron chi connectivity index (χ1n) is 8.77. The fourth-order valence-corrected chi connectivity index (χ4v) is 3.05. The fourth-order valence-electron chi connectivity index (χ4n) is 3.05. The number of nitrogens with two attached hydrogens (primary N) is 1. The van der Waals surface area contributed by atoms with Crippen molar-refractivity contribution < 1.29 is 34.4 Å². The highest BCUT2D eigenvalue weighted by molar-refractivity contribution is 6.08. The zero-order valence-corrected chi connectivity index (χ0v) is 15.8. The van der Waals surface area contributed by atoms with Gasteiger partial charge in [-0.15, -0.1) is 0 Å². The van der Waals surface area contributed by atoms with Crippen LogP contribution < -0.4 is 16.0 Å². The number of carboxylic acid groups (broad SMARTS) is 3. The molecular formula is C21H16N2O8. The summed E-state index contributed by atoms with van der Waals surface area (Å²) in [6.45, 7) is 0.0686. The number of carboxylic acids is 3. The molecule has 10 nitrogen and oxygen atoms in total. The minimum absolute atomic E-state index is 0.0216. The monoisotopic (exact) mass is 424 g/mol. The molecule has 0 saturated carbocycles. The molecule has 0 spiro atoms. The van der Waals surface area contributed by atoms with Crippen LogP contribution in [0.5, 0.6) is 5.75 Å². The highest BCUT2D eigenvalue weighted by Crippen LogP contribution is 2.33. The van der Waals surface area contributed by atoms with Crippen molar-refractivity contribution in [2.24, 2.45) is 0 Å². The van der Waals surface area contributed by atoms with E-state index in [1.807, 2.05) is 11.1 Å². The Balaban J connectivity index is 2.17. The number of benzene rings is 2. The number of hydrogen-bond acceptors (Lipinski definition) is 6. The van der Waals surface area contributed by atoms with Gasteiger partial charge in [-0.3, -0.25) is 4.79 Å². The van der Waals surface area contributed by atoms with Gasteiger partial charge in [0, 0.05) is 5.56 Å². The summed E-state index contributed by atoms with van der Waals surface area (Å²) in [6, 6.07) is 12.5. The second-order valence-electron chi connectivity index (χ2n) is 6.39. The lowest BCUT2D eigenvalue weighted by atomic mass is 9.94. The maximum Gasteiger partial charge on any atom is 0.342 e. The van der Waals surface area contributed by atoms with E-state index < -0.39 is 46.0 Å². The minimum atomic E-state index is -1.69. The predicted octanol–water partition coefficient (Wildman–Crippen LogP) is 2.30. The molecule has 3 rings (SSSR count). The SMILES string of the molecule is Nc1[nH]c(=O)c(C(=O)O)c(-c2ccc(OCc3ccccc3)c(C(=O)O)c2)c1C(=O)O. The van der Waals surface area contributed by atoms with Crippen LogP contribution in [0, 0.1) is 0 Å². The largest absolute Gasteiger partial charge is 0.488 e. The summed E-state index contributed by atoms with van der Waals surface area (Å²) in [4.78, 5) is 49.3. The molecule has 0 bridgehead atoms. The van der Waals surface area contributed by atoms with Gasteiger partial charge in [0.05, 0.1) is 0 Å². The Bertz CT molecular complexity index is 1250. The smallest absolute Gasteiger partial charge is 0.342 e. The van der Waals surface area contributed by atoms with Crippen LogP contribution in [0.2, 0.25) is 0 Å². The molecular weight excluding hydrogens is 408 g/mol. The highest BCUT2D eigenvalue weighted by atomic mass is 16.5. The number of anilines is 1.